The Morgan fingerprint density at radius 2 is 1.76 bits per heavy atom. The molecule has 0 saturated heterocycles. The van der Waals surface area contributed by atoms with Crippen molar-refractivity contribution < 1.29 is 0 Å². The molecule has 1 rings (SSSR count). The summed E-state index contributed by atoms with van der Waals surface area (Å²) in [6, 6.07) is 0. The summed E-state index contributed by atoms with van der Waals surface area (Å²) in [5, 5.41) is 3.40. The highest BCUT2D eigenvalue weighted by Gasteiger charge is 2.28. The molecule has 1 saturated carbocycles. The highest BCUT2D eigenvalue weighted by molar-refractivity contribution is 5.04. The fourth-order valence-corrected chi connectivity index (χ4v) is 2.94. The van der Waals surface area contributed by atoms with Crippen molar-refractivity contribution >= 4 is 0 Å². The van der Waals surface area contributed by atoms with E-state index in [-0.39, 0.29) is 0 Å². The largest absolute Gasteiger partial charge is 0.313 e. The molecular weight excluding hydrogens is 206 g/mol. The van der Waals surface area contributed by atoms with Gasteiger partial charge < -0.3 is 5.32 Å². The molecule has 0 aliphatic heterocycles. The molecule has 100 valence electrons. The Balaban J connectivity index is 2.37. The molecule has 0 radical (unpaired) electrons. The number of hydrogen-bond acceptors (Lipinski definition) is 1. The third-order valence-electron chi connectivity index (χ3n) is 4.17. The number of likely N-dealkylation sites (N-methyl/N-ethyl adjacent to an activating group) is 1. The molecule has 1 N–H and O–H groups in total. The van der Waals surface area contributed by atoms with Crippen LogP contribution in [0.4, 0.5) is 0 Å². The summed E-state index contributed by atoms with van der Waals surface area (Å²) >= 11 is 0. The minimum Gasteiger partial charge on any atom is -0.313 e. The Bertz CT molecular complexity index is 239. The molecule has 1 nitrogen and oxygen atoms in total. The fourth-order valence-electron chi connectivity index (χ4n) is 2.94. The third-order valence-corrected chi connectivity index (χ3v) is 4.17. The number of rotatable bonds is 4. The lowest BCUT2D eigenvalue weighted by atomic mass is 9.69. The molecule has 0 heterocycles. The van der Waals surface area contributed by atoms with Gasteiger partial charge >= 0.3 is 0 Å². The van der Waals surface area contributed by atoms with E-state index in [4.69, 9.17) is 0 Å². The first-order valence-electron chi connectivity index (χ1n) is 7.31. The van der Waals surface area contributed by atoms with Crippen molar-refractivity contribution in [3.05, 3.63) is 11.6 Å². The zero-order valence-corrected chi connectivity index (χ0v) is 12.5. The van der Waals surface area contributed by atoms with E-state index in [2.05, 4.69) is 46.0 Å². The van der Waals surface area contributed by atoms with Crippen molar-refractivity contribution in [1.82, 2.24) is 5.32 Å². The summed E-state index contributed by atoms with van der Waals surface area (Å²) in [5.74, 6) is 1.77. The maximum Gasteiger partial charge on any atom is 0.0161 e. The van der Waals surface area contributed by atoms with Crippen molar-refractivity contribution in [2.24, 2.45) is 17.3 Å². The summed E-state index contributed by atoms with van der Waals surface area (Å²) in [6.07, 6.45) is 8.14. The van der Waals surface area contributed by atoms with E-state index in [0.717, 1.165) is 24.9 Å². The predicted molar refractivity (Wildman–Crippen MR) is 77.2 cm³/mol. The molecule has 0 aromatic carbocycles. The minimum absolute atomic E-state index is 0.507. The van der Waals surface area contributed by atoms with E-state index in [1.165, 1.54) is 31.3 Å². The van der Waals surface area contributed by atoms with Gasteiger partial charge in [0.15, 0.2) is 0 Å². The highest BCUT2D eigenvalue weighted by Crippen LogP contribution is 2.40. The van der Waals surface area contributed by atoms with E-state index >= 15 is 0 Å². The predicted octanol–water partition coefficient (Wildman–Crippen LogP) is 4.39. The van der Waals surface area contributed by atoms with Crippen LogP contribution >= 0.6 is 0 Å². The van der Waals surface area contributed by atoms with Crippen LogP contribution in [0.15, 0.2) is 11.6 Å². The topological polar surface area (TPSA) is 12.0 Å². The molecule has 1 fully saturated rings. The monoisotopic (exact) mass is 237 g/mol. The average Bonchev–Trinajstić information content (AvgIpc) is 2.26. The molecule has 0 aromatic heterocycles. The molecule has 0 atom stereocenters. The van der Waals surface area contributed by atoms with E-state index in [1.807, 2.05) is 0 Å². The molecule has 0 unspecified atom stereocenters. The Morgan fingerprint density at radius 3 is 2.24 bits per heavy atom. The van der Waals surface area contributed by atoms with Gasteiger partial charge in [-0.2, -0.15) is 0 Å². The number of nitrogens with one attached hydrogen (secondary N) is 1. The van der Waals surface area contributed by atoms with Gasteiger partial charge in [0, 0.05) is 6.54 Å². The lowest BCUT2D eigenvalue weighted by molar-refractivity contribution is 0.162. The molecule has 17 heavy (non-hydrogen) atoms. The third kappa shape index (κ3) is 5.25. The Morgan fingerprint density at radius 1 is 1.18 bits per heavy atom. The molecule has 0 spiro atoms. The van der Waals surface area contributed by atoms with Crippen molar-refractivity contribution in [3.63, 3.8) is 0 Å². The zero-order valence-electron chi connectivity index (χ0n) is 12.5. The fraction of sp³-hybridized carbons (Fsp3) is 0.875. The Kier molecular flexibility index (Phi) is 5.72. The smallest absolute Gasteiger partial charge is 0.0161 e. The van der Waals surface area contributed by atoms with E-state index in [1.54, 1.807) is 0 Å². The number of allylic oxidation sites excluding steroid dienone is 1. The first kappa shape index (κ1) is 14.8. The second-order valence-electron chi connectivity index (χ2n) is 6.77. The molecular formula is C16H31N. The summed E-state index contributed by atoms with van der Waals surface area (Å²) in [6.45, 7) is 13.7. The summed E-state index contributed by atoms with van der Waals surface area (Å²) in [5.41, 5.74) is 2.03. The van der Waals surface area contributed by atoms with Crippen molar-refractivity contribution in [3.8, 4) is 0 Å². The molecule has 0 aromatic rings. The van der Waals surface area contributed by atoms with Gasteiger partial charge in [-0.1, -0.05) is 39.3 Å². The lowest BCUT2D eigenvalue weighted by Crippen LogP contribution is -2.25. The first-order valence-corrected chi connectivity index (χ1v) is 7.31. The second-order valence-corrected chi connectivity index (χ2v) is 6.77. The first-order chi connectivity index (χ1) is 7.93. The summed E-state index contributed by atoms with van der Waals surface area (Å²) in [4.78, 5) is 0. The standard InChI is InChI=1S/C16H31N/c1-6-17-12-13(2)11-14-7-9-15(10-8-14)16(3,4)5/h11,14-15,17H,6-10,12H2,1-5H3. The van der Waals surface area contributed by atoms with E-state index < -0.39 is 0 Å². The van der Waals surface area contributed by atoms with Crippen molar-refractivity contribution in [2.45, 2.75) is 60.3 Å². The van der Waals surface area contributed by atoms with E-state index in [9.17, 15) is 0 Å². The van der Waals surface area contributed by atoms with Crippen molar-refractivity contribution in [1.29, 1.82) is 0 Å². The van der Waals surface area contributed by atoms with Crippen LogP contribution in [-0.2, 0) is 0 Å². The van der Waals surface area contributed by atoms with Crippen LogP contribution in [0.3, 0.4) is 0 Å². The number of hydrogen-bond donors (Lipinski definition) is 1. The van der Waals surface area contributed by atoms with Crippen LogP contribution in [0.5, 0.6) is 0 Å². The lowest BCUT2D eigenvalue weighted by Gasteiger charge is -2.36. The zero-order chi connectivity index (χ0) is 12.9. The summed E-state index contributed by atoms with van der Waals surface area (Å²) in [7, 11) is 0. The van der Waals surface area contributed by atoms with E-state index in [0.29, 0.717) is 5.41 Å². The molecule has 0 amide bonds. The maximum atomic E-state index is 3.40. The van der Waals surface area contributed by atoms with Gasteiger partial charge in [-0.3, -0.25) is 0 Å². The maximum absolute atomic E-state index is 3.40. The van der Waals surface area contributed by atoms with Gasteiger partial charge in [0.25, 0.3) is 0 Å². The quantitative estimate of drug-likeness (QED) is 0.715. The minimum atomic E-state index is 0.507. The molecule has 1 aliphatic rings. The van der Waals surface area contributed by atoms with Gasteiger partial charge in [-0.15, -0.1) is 0 Å². The van der Waals surface area contributed by atoms with Gasteiger partial charge in [-0.05, 0) is 56.4 Å². The SMILES string of the molecule is CCNCC(C)=CC1CCC(C(C)(C)C)CC1. The highest BCUT2D eigenvalue weighted by atomic mass is 14.8. The van der Waals surface area contributed by atoms with Crippen LogP contribution < -0.4 is 5.32 Å². The second kappa shape index (κ2) is 6.58. The van der Waals surface area contributed by atoms with Crippen LogP contribution in [0.2, 0.25) is 0 Å². The van der Waals surface area contributed by atoms with Crippen molar-refractivity contribution in [2.75, 3.05) is 13.1 Å². The molecule has 1 heteroatoms. The normalized spacial score (nSPS) is 27.2. The van der Waals surface area contributed by atoms with Gasteiger partial charge in [0.05, 0.1) is 0 Å². The Hall–Kier alpha value is -0.300. The van der Waals surface area contributed by atoms with Crippen LogP contribution in [0.1, 0.15) is 60.3 Å². The molecule has 0 bridgehead atoms. The van der Waals surface area contributed by atoms with Crippen LogP contribution in [0.25, 0.3) is 0 Å². The molecule has 1 aliphatic carbocycles. The van der Waals surface area contributed by atoms with Gasteiger partial charge in [-0.25, -0.2) is 0 Å². The average molecular weight is 237 g/mol. The van der Waals surface area contributed by atoms with Crippen LogP contribution in [-0.4, -0.2) is 13.1 Å². The Labute approximate surface area is 108 Å². The summed E-state index contributed by atoms with van der Waals surface area (Å²) < 4.78 is 0. The van der Waals surface area contributed by atoms with Gasteiger partial charge in [0.1, 0.15) is 0 Å². The van der Waals surface area contributed by atoms with Gasteiger partial charge in [0.2, 0.25) is 0 Å². The van der Waals surface area contributed by atoms with Crippen LogP contribution in [0, 0.1) is 17.3 Å².